The van der Waals surface area contributed by atoms with Crippen molar-refractivity contribution < 1.29 is 19.0 Å². The zero-order valence-electron chi connectivity index (χ0n) is 17.3. The van der Waals surface area contributed by atoms with Gasteiger partial charge in [0.15, 0.2) is 11.5 Å². The van der Waals surface area contributed by atoms with E-state index >= 15 is 0 Å². The molecule has 2 aliphatic rings. The molecule has 6 heteroatoms. The predicted octanol–water partition coefficient (Wildman–Crippen LogP) is 4.28. The summed E-state index contributed by atoms with van der Waals surface area (Å²) in [7, 11) is 1.66. The fourth-order valence-electron chi connectivity index (χ4n) is 4.06. The van der Waals surface area contributed by atoms with Crippen molar-refractivity contribution >= 4 is 11.6 Å². The van der Waals surface area contributed by atoms with Gasteiger partial charge in [-0.3, -0.25) is 4.79 Å². The largest absolute Gasteiger partial charge is 0.497 e. The number of nitrogens with zero attached hydrogens (tertiary/aromatic N) is 1. The summed E-state index contributed by atoms with van der Waals surface area (Å²) >= 11 is 0. The molecule has 3 aromatic carbocycles. The van der Waals surface area contributed by atoms with Gasteiger partial charge in [0.2, 0.25) is 0 Å². The molecular formula is C25H24N2O4. The van der Waals surface area contributed by atoms with Gasteiger partial charge in [0, 0.05) is 12.2 Å². The molecule has 0 aliphatic carbocycles. The number of amides is 1. The normalized spacial score (nSPS) is 17.0. The molecule has 1 amide bonds. The molecule has 0 bridgehead atoms. The fourth-order valence-corrected chi connectivity index (χ4v) is 4.06. The number of benzene rings is 3. The Bertz CT molecular complexity index is 1100. The lowest BCUT2D eigenvalue weighted by molar-refractivity contribution is 0.0685. The van der Waals surface area contributed by atoms with Gasteiger partial charge in [-0.2, -0.15) is 0 Å². The van der Waals surface area contributed by atoms with E-state index in [1.807, 2.05) is 71.6 Å². The number of methoxy groups -OCH3 is 1. The van der Waals surface area contributed by atoms with E-state index < -0.39 is 0 Å². The molecule has 2 aliphatic heterocycles. The Morgan fingerprint density at radius 2 is 1.77 bits per heavy atom. The van der Waals surface area contributed by atoms with E-state index in [-0.39, 0.29) is 12.1 Å². The van der Waals surface area contributed by atoms with Crippen LogP contribution in [0.25, 0.3) is 0 Å². The average molecular weight is 416 g/mol. The average Bonchev–Trinajstić information content (AvgIpc) is 2.83. The molecule has 1 atom stereocenters. The van der Waals surface area contributed by atoms with Crippen molar-refractivity contribution in [1.82, 2.24) is 4.90 Å². The van der Waals surface area contributed by atoms with Crippen molar-refractivity contribution in [1.29, 1.82) is 0 Å². The molecule has 0 saturated carbocycles. The first kappa shape index (κ1) is 19.3. The topological polar surface area (TPSA) is 60.0 Å². The van der Waals surface area contributed by atoms with Crippen LogP contribution in [0.1, 0.15) is 27.7 Å². The van der Waals surface area contributed by atoms with Gasteiger partial charge in [-0.1, -0.05) is 30.3 Å². The first-order chi connectivity index (χ1) is 15.2. The summed E-state index contributed by atoms with van der Waals surface area (Å²) in [5.74, 6) is 2.29. The summed E-state index contributed by atoms with van der Waals surface area (Å²) in [5, 5.41) is 3.54. The molecule has 31 heavy (non-hydrogen) atoms. The molecule has 3 aromatic rings. The predicted molar refractivity (Wildman–Crippen MR) is 118 cm³/mol. The molecule has 2 heterocycles. The minimum Gasteiger partial charge on any atom is -0.497 e. The minimum atomic E-state index is -0.295. The Hall–Kier alpha value is -3.67. The van der Waals surface area contributed by atoms with E-state index in [1.165, 1.54) is 0 Å². The number of rotatable bonds is 5. The highest BCUT2D eigenvalue weighted by Crippen LogP contribution is 2.38. The molecule has 5 rings (SSSR count). The van der Waals surface area contributed by atoms with Crippen molar-refractivity contribution in [3.05, 3.63) is 83.4 Å². The Morgan fingerprint density at radius 1 is 1.00 bits per heavy atom. The standard InChI is InChI=1S/C25H24N2O4/c1-29-19-9-6-17(7-10-19)12-13-27-24(26-21-5-3-2-4-20(21)25(27)28)18-8-11-22-23(16-18)31-15-14-30-22/h2-11,16,24,26H,12-15H2,1H3/t24-/m0/s1. The van der Waals surface area contributed by atoms with E-state index in [4.69, 9.17) is 14.2 Å². The molecule has 0 aromatic heterocycles. The van der Waals surface area contributed by atoms with Gasteiger partial charge < -0.3 is 24.4 Å². The molecule has 0 fully saturated rings. The molecule has 0 unspecified atom stereocenters. The van der Waals surface area contributed by atoms with Crippen LogP contribution in [-0.4, -0.2) is 37.7 Å². The summed E-state index contributed by atoms with van der Waals surface area (Å²) in [4.78, 5) is 15.3. The number of anilines is 1. The van der Waals surface area contributed by atoms with Crippen molar-refractivity contribution in [2.75, 3.05) is 32.2 Å². The summed E-state index contributed by atoms with van der Waals surface area (Å²) < 4.78 is 16.7. The number of carbonyl (C=O) groups excluding carboxylic acids is 1. The van der Waals surface area contributed by atoms with Gasteiger partial charge in [-0.05, 0) is 53.9 Å². The van der Waals surface area contributed by atoms with Crippen LogP contribution in [0.15, 0.2) is 66.7 Å². The van der Waals surface area contributed by atoms with Crippen molar-refractivity contribution in [2.24, 2.45) is 0 Å². The Labute approximate surface area is 181 Å². The number of hydrogen-bond acceptors (Lipinski definition) is 5. The summed E-state index contributed by atoms with van der Waals surface area (Å²) in [6, 6.07) is 21.5. The van der Waals surface area contributed by atoms with E-state index in [2.05, 4.69) is 5.32 Å². The third kappa shape index (κ3) is 3.77. The van der Waals surface area contributed by atoms with E-state index in [9.17, 15) is 4.79 Å². The highest BCUT2D eigenvalue weighted by molar-refractivity contribution is 6.01. The fraction of sp³-hybridized carbons (Fsp3) is 0.240. The van der Waals surface area contributed by atoms with Crippen LogP contribution in [0.2, 0.25) is 0 Å². The van der Waals surface area contributed by atoms with Crippen molar-refractivity contribution in [3.8, 4) is 17.2 Å². The van der Waals surface area contributed by atoms with Crippen LogP contribution in [0.3, 0.4) is 0 Å². The first-order valence-corrected chi connectivity index (χ1v) is 10.4. The van der Waals surface area contributed by atoms with Gasteiger partial charge in [-0.25, -0.2) is 0 Å². The second kappa shape index (κ2) is 8.22. The van der Waals surface area contributed by atoms with Gasteiger partial charge in [-0.15, -0.1) is 0 Å². The lowest BCUT2D eigenvalue weighted by Gasteiger charge is -2.38. The summed E-state index contributed by atoms with van der Waals surface area (Å²) in [5.41, 5.74) is 3.63. The first-order valence-electron chi connectivity index (χ1n) is 10.4. The van der Waals surface area contributed by atoms with Gasteiger partial charge in [0.1, 0.15) is 25.1 Å². The molecule has 0 saturated heterocycles. The highest BCUT2D eigenvalue weighted by Gasteiger charge is 2.33. The Morgan fingerprint density at radius 3 is 2.58 bits per heavy atom. The number of fused-ring (bicyclic) bond motifs is 2. The molecular weight excluding hydrogens is 392 g/mol. The van der Waals surface area contributed by atoms with Crippen LogP contribution in [0.5, 0.6) is 17.2 Å². The van der Waals surface area contributed by atoms with E-state index in [1.54, 1.807) is 7.11 Å². The Kier molecular flexibility index (Phi) is 5.12. The quantitative estimate of drug-likeness (QED) is 0.673. The SMILES string of the molecule is COc1ccc(CCN2C(=O)c3ccccc3N[C@@H]2c2ccc3c(c2)OCCO3)cc1. The maximum Gasteiger partial charge on any atom is 0.257 e. The molecule has 0 radical (unpaired) electrons. The summed E-state index contributed by atoms with van der Waals surface area (Å²) in [6.07, 6.45) is 0.442. The van der Waals surface area contributed by atoms with Crippen molar-refractivity contribution in [3.63, 3.8) is 0 Å². The van der Waals surface area contributed by atoms with E-state index in [0.29, 0.717) is 31.1 Å². The smallest absolute Gasteiger partial charge is 0.257 e. The minimum absolute atomic E-state index is 0.0164. The second-order valence-electron chi connectivity index (χ2n) is 7.59. The number of ether oxygens (including phenoxy) is 3. The Balaban J connectivity index is 1.45. The molecule has 1 N–H and O–H groups in total. The third-order valence-electron chi connectivity index (χ3n) is 5.70. The number of carbonyl (C=O) groups is 1. The van der Waals surface area contributed by atoms with Gasteiger partial charge >= 0.3 is 0 Å². The zero-order valence-corrected chi connectivity index (χ0v) is 17.3. The van der Waals surface area contributed by atoms with Crippen LogP contribution >= 0.6 is 0 Å². The van der Waals surface area contributed by atoms with Gasteiger partial charge in [0.25, 0.3) is 5.91 Å². The molecule has 6 nitrogen and oxygen atoms in total. The number of nitrogens with one attached hydrogen (secondary N) is 1. The zero-order chi connectivity index (χ0) is 21.2. The monoisotopic (exact) mass is 416 g/mol. The van der Waals surface area contributed by atoms with Crippen LogP contribution in [0.4, 0.5) is 5.69 Å². The van der Waals surface area contributed by atoms with Crippen LogP contribution in [-0.2, 0) is 6.42 Å². The van der Waals surface area contributed by atoms with E-state index in [0.717, 1.165) is 34.7 Å². The third-order valence-corrected chi connectivity index (χ3v) is 5.70. The number of hydrogen-bond donors (Lipinski definition) is 1. The van der Waals surface area contributed by atoms with Crippen LogP contribution in [0, 0.1) is 0 Å². The second-order valence-corrected chi connectivity index (χ2v) is 7.59. The molecule has 0 spiro atoms. The lowest BCUT2D eigenvalue weighted by Crippen LogP contribution is -2.44. The maximum absolute atomic E-state index is 13.4. The number of para-hydroxylation sites is 1. The van der Waals surface area contributed by atoms with Crippen LogP contribution < -0.4 is 19.5 Å². The maximum atomic E-state index is 13.4. The molecule has 158 valence electrons. The highest BCUT2D eigenvalue weighted by atomic mass is 16.6. The lowest BCUT2D eigenvalue weighted by atomic mass is 10.0. The van der Waals surface area contributed by atoms with Gasteiger partial charge in [0.05, 0.1) is 12.7 Å². The van der Waals surface area contributed by atoms with Crippen molar-refractivity contribution in [2.45, 2.75) is 12.6 Å². The summed E-state index contributed by atoms with van der Waals surface area (Å²) in [6.45, 7) is 1.65.